The number of rotatable bonds is 3. The van der Waals surface area contributed by atoms with E-state index in [1.165, 1.54) is 23.8 Å². The highest BCUT2D eigenvalue weighted by atomic mass is 16.4. The minimum absolute atomic E-state index is 0.146. The number of aromatic nitrogens is 2. The molecule has 2 heterocycles. The van der Waals surface area contributed by atoms with Gasteiger partial charge in [0.1, 0.15) is 0 Å². The topological polar surface area (TPSA) is 88.9 Å². The van der Waals surface area contributed by atoms with Crippen molar-refractivity contribution in [2.45, 2.75) is 19.9 Å². The molecule has 0 aromatic carbocycles. The molecule has 86 valence electrons. The summed E-state index contributed by atoms with van der Waals surface area (Å²) in [5.41, 5.74) is 1.01. The molecule has 0 radical (unpaired) electrons. The molecular formula is C11H9N3O3. The molecule has 0 unspecified atom stereocenters. The molecule has 0 aliphatic rings. The number of pyridine rings is 1. The smallest absolute Gasteiger partial charge is 0.406 e. The maximum Gasteiger partial charge on any atom is 0.421 e. The standard InChI is InChI=1S/C11H9N3O3/c1-7(15)8-5-9-10(13-6-8)14(4-2-3-12)11(16)17-9/h5-6H,2,4H2,1H3. The number of fused-ring (bicyclic) bond motifs is 1. The van der Waals surface area contributed by atoms with Gasteiger partial charge in [-0.25, -0.2) is 9.78 Å². The molecular weight excluding hydrogens is 222 g/mol. The van der Waals surface area contributed by atoms with Crippen molar-refractivity contribution in [3.05, 3.63) is 28.4 Å². The quantitative estimate of drug-likeness (QED) is 0.738. The molecule has 0 saturated carbocycles. The number of nitrogens with zero attached hydrogens (tertiary/aromatic N) is 3. The second kappa shape index (κ2) is 4.22. The second-order valence-electron chi connectivity index (χ2n) is 3.53. The number of hydrogen-bond donors (Lipinski definition) is 0. The van der Waals surface area contributed by atoms with Crippen molar-refractivity contribution in [3.8, 4) is 6.07 Å². The van der Waals surface area contributed by atoms with Gasteiger partial charge < -0.3 is 4.42 Å². The second-order valence-corrected chi connectivity index (χ2v) is 3.53. The number of carbonyl (C=O) groups excluding carboxylic acids is 1. The van der Waals surface area contributed by atoms with Gasteiger partial charge in [-0.2, -0.15) is 5.26 Å². The molecule has 2 rings (SSSR count). The van der Waals surface area contributed by atoms with Crippen LogP contribution in [0.1, 0.15) is 23.7 Å². The zero-order valence-corrected chi connectivity index (χ0v) is 9.14. The fraction of sp³-hybridized carbons (Fsp3) is 0.273. The number of oxazole rings is 1. The van der Waals surface area contributed by atoms with E-state index in [9.17, 15) is 9.59 Å². The summed E-state index contributed by atoms with van der Waals surface area (Å²) < 4.78 is 6.25. The van der Waals surface area contributed by atoms with Gasteiger partial charge in [0.2, 0.25) is 0 Å². The highest BCUT2D eigenvalue weighted by Crippen LogP contribution is 2.12. The molecule has 0 N–H and O–H groups in total. The van der Waals surface area contributed by atoms with E-state index in [0.717, 1.165) is 0 Å². The van der Waals surface area contributed by atoms with Crippen LogP contribution in [0.3, 0.4) is 0 Å². The first kappa shape index (κ1) is 11.1. The third-order valence-corrected chi connectivity index (χ3v) is 2.36. The van der Waals surface area contributed by atoms with Gasteiger partial charge in [0.05, 0.1) is 12.5 Å². The highest BCUT2D eigenvalue weighted by Gasteiger charge is 2.12. The fourth-order valence-electron chi connectivity index (χ4n) is 1.50. The maximum atomic E-state index is 11.5. The Balaban J connectivity index is 2.57. The molecule has 0 aliphatic carbocycles. The van der Waals surface area contributed by atoms with E-state index in [0.29, 0.717) is 11.2 Å². The van der Waals surface area contributed by atoms with Gasteiger partial charge in [-0.1, -0.05) is 0 Å². The van der Waals surface area contributed by atoms with Crippen molar-refractivity contribution in [2.24, 2.45) is 0 Å². The fourth-order valence-corrected chi connectivity index (χ4v) is 1.50. The van der Waals surface area contributed by atoms with Crippen LogP contribution in [0.4, 0.5) is 0 Å². The van der Waals surface area contributed by atoms with Crippen molar-refractivity contribution >= 4 is 17.0 Å². The molecule has 0 saturated heterocycles. The van der Waals surface area contributed by atoms with Gasteiger partial charge in [-0.15, -0.1) is 0 Å². The SMILES string of the molecule is CC(=O)c1cnc2c(c1)oc(=O)n2CCC#N. The Hall–Kier alpha value is -2.42. The lowest BCUT2D eigenvalue weighted by Crippen LogP contribution is -2.14. The molecule has 6 nitrogen and oxygen atoms in total. The zero-order chi connectivity index (χ0) is 12.4. The van der Waals surface area contributed by atoms with Gasteiger partial charge in [0.15, 0.2) is 17.0 Å². The van der Waals surface area contributed by atoms with E-state index in [2.05, 4.69) is 4.98 Å². The van der Waals surface area contributed by atoms with Crippen LogP contribution in [-0.2, 0) is 6.54 Å². The summed E-state index contributed by atoms with van der Waals surface area (Å²) in [7, 11) is 0. The summed E-state index contributed by atoms with van der Waals surface area (Å²) in [4.78, 5) is 26.6. The van der Waals surface area contributed by atoms with E-state index in [1.807, 2.05) is 6.07 Å². The normalized spacial score (nSPS) is 10.4. The summed E-state index contributed by atoms with van der Waals surface area (Å²) in [5.74, 6) is -0.713. The highest BCUT2D eigenvalue weighted by molar-refractivity contribution is 5.95. The van der Waals surface area contributed by atoms with Crippen LogP contribution in [-0.4, -0.2) is 15.3 Å². The lowest BCUT2D eigenvalue weighted by atomic mass is 10.2. The number of carbonyl (C=O) groups is 1. The molecule has 0 atom stereocenters. The van der Waals surface area contributed by atoms with E-state index in [-0.39, 0.29) is 24.3 Å². The lowest BCUT2D eigenvalue weighted by molar-refractivity contribution is 0.101. The summed E-state index contributed by atoms with van der Waals surface area (Å²) in [6.07, 6.45) is 1.59. The Morgan fingerprint density at radius 3 is 3.06 bits per heavy atom. The number of hydrogen-bond acceptors (Lipinski definition) is 5. The number of nitriles is 1. The van der Waals surface area contributed by atoms with Crippen LogP contribution in [0.5, 0.6) is 0 Å². The van der Waals surface area contributed by atoms with Crippen LogP contribution >= 0.6 is 0 Å². The Bertz CT molecular complexity index is 675. The molecule has 2 aromatic heterocycles. The molecule has 6 heteroatoms. The monoisotopic (exact) mass is 231 g/mol. The number of ketones is 1. The Kier molecular flexibility index (Phi) is 2.75. The van der Waals surface area contributed by atoms with Gasteiger partial charge in [0.25, 0.3) is 0 Å². The molecule has 0 spiro atoms. The first-order valence-corrected chi connectivity index (χ1v) is 5.00. The Morgan fingerprint density at radius 2 is 2.41 bits per heavy atom. The summed E-state index contributed by atoms with van der Waals surface area (Å²) >= 11 is 0. The first-order valence-electron chi connectivity index (χ1n) is 5.00. The predicted molar refractivity (Wildman–Crippen MR) is 58.5 cm³/mol. The largest absolute Gasteiger partial charge is 0.421 e. The van der Waals surface area contributed by atoms with Crippen LogP contribution in [0.2, 0.25) is 0 Å². The molecule has 0 fully saturated rings. The van der Waals surface area contributed by atoms with E-state index >= 15 is 0 Å². The Labute approximate surface area is 96.1 Å². The molecule has 2 aromatic rings. The summed E-state index contributed by atoms with van der Waals surface area (Å²) in [5, 5.41) is 8.48. The van der Waals surface area contributed by atoms with E-state index in [4.69, 9.17) is 9.68 Å². The molecule has 17 heavy (non-hydrogen) atoms. The third-order valence-electron chi connectivity index (χ3n) is 2.36. The maximum absolute atomic E-state index is 11.5. The van der Waals surface area contributed by atoms with Crippen LogP contribution in [0.15, 0.2) is 21.5 Å². The third kappa shape index (κ3) is 1.95. The van der Waals surface area contributed by atoms with Crippen molar-refractivity contribution in [3.63, 3.8) is 0 Å². The molecule has 0 aliphatic heterocycles. The Morgan fingerprint density at radius 1 is 1.65 bits per heavy atom. The first-order chi connectivity index (χ1) is 8.13. The van der Waals surface area contributed by atoms with Gasteiger partial charge in [-0.3, -0.25) is 9.36 Å². The summed E-state index contributed by atoms with van der Waals surface area (Å²) in [6.45, 7) is 1.64. The van der Waals surface area contributed by atoms with E-state index in [1.54, 1.807) is 0 Å². The van der Waals surface area contributed by atoms with Gasteiger partial charge in [0, 0.05) is 18.3 Å². The zero-order valence-electron chi connectivity index (χ0n) is 9.14. The van der Waals surface area contributed by atoms with Crippen molar-refractivity contribution in [2.75, 3.05) is 0 Å². The number of aryl methyl sites for hydroxylation is 1. The molecule has 0 amide bonds. The van der Waals surface area contributed by atoms with Crippen LogP contribution < -0.4 is 5.76 Å². The van der Waals surface area contributed by atoms with Crippen molar-refractivity contribution < 1.29 is 9.21 Å². The summed E-state index contributed by atoms with van der Waals surface area (Å²) in [6, 6.07) is 3.43. The minimum atomic E-state index is -0.566. The predicted octanol–water partition coefficient (Wildman–Crippen LogP) is 1.11. The van der Waals surface area contributed by atoms with Gasteiger partial charge >= 0.3 is 5.76 Å². The van der Waals surface area contributed by atoms with Crippen LogP contribution in [0, 0.1) is 11.3 Å². The average molecular weight is 231 g/mol. The number of Topliss-reactive ketones (excluding diaryl/α,β-unsaturated/α-hetero) is 1. The molecule has 0 bridgehead atoms. The van der Waals surface area contributed by atoms with Gasteiger partial charge in [-0.05, 0) is 13.0 Å². The van der Waals surface area contributed by atoms with Crippen molar-refractivity contribution in [1.82, 2.24) is 9.55 Å². The lowest BCUT2D eigenvalue weighted by Gasteiger charge is -1.97. The average Bonchev–Trinajstić information content (AvgIpc) is 2.61. The minimum Gasteiger partial charge on any atom is -0.406 e. The van der Waals surface area contributed by atoms with Crippen molar-refractivity contribution in [1.29, 1.82) is 5.26 Å². The van der Waals surface area contributed by atoms with Crippen LogP contribution in [0.25, 0.3) is 11.2 Å². The van der Waals surface area contributed by atoms with E-state index < -0.39 is 5.76 Å².